The van der Waals surface area contributed by atoms with E-state index in [9.17, 15) is 4.79 Å². The third-order valence-electron chi connectivity index (χ3n) is 2.15. The molecule has 0 bridgehead atoms. The molecule has 2 aromatic heterocycles. The number of nitrogens with one attached hydrogen (secondary N) is 1. The average molecular weight is 233 g/mol. The van der Waals surface area contributed by atoms with E-state index in [1.165, 1.54) is 18.5 Å². The Morgan fingerprint density at radius 2 is 2.35 bits per heavy atom. The van der Waals surface area contributed by atoms with Crippen molar-refractivity contribution in [2.24, 2.45) is 0 Å². The molecule has 2 aromatic rings. The van der Waals surface area contributed by atoms with Gasteiger partial charge in [0.2, 0.25) is 5.89 Å². The largest absolute Gasteiger partial charge is 0.478 e. The van der Waals surface area contributed by atoms with Crippen molar-refractivity contribution in [2.45, 2.75) is 13.5 Å². The van der Waals surface area contributed by atoms with E-state index in [2.05, 4.69) is 15.3 Å². The number of aromatic nitrogens is 2. The van der Waals surface area contributed by atoms with Gasteiger partial charge in [0.05, 0.1) is 30.2 Å². The minimum Gasteiger partial charge on any atom is -0.478 e. The first-order chi connectivity index (χ1) is 8.16. The van der Waals surface area contributed by atoms with E-state index in [0.29, 0.717) is 23.9 Å². The van der Waals surface area contributed by atoms with Crippen LogP contribution in [0.25, 0.3) is 0 Å². The lowest BCUT2D eigenvalue weighted by Gasteiger charge is -2.06. The van der Waals surface area contributed by atoms with Crippen LogP contribution in [0.1, 0.15) is 22.0 Å². The molecule has 88 valence electrons. The molecular weight excluding hydrogens is 222 g/mol. The van der Waals surface area contributed by atoms with E-state index < -0.39 is 5.97 Å². The Balaban J connectivity index is 2.11. The minimum atomic E-state index is -1.00. The predicted octanol–water partition coefficient (Wildman–Crippen LogP) is 1.69. The Morgan fingerprint density at radius 1 is 1.53 bits per heavy atom. The highest BCUT2D eigenvalue weighted by molar-refractivity contribution is 5.93. The number of carboxylic acids is 1. The number of rotatable bonds is 4. The Kier molecular flexibility index (Phi) is 3.04. The summed E-state index contributed by atoms with van der Waals surface area (Å²) in [5.74, 6) is 0.215. The maximum absolute atomic E-state index is 10.9. The summed E-state index contributed by atoms with van der Waals surface area (Å²) in [5, 5.41) is 11.9. The van der Waals surface area contributed by atoms with Gasteiger partial charge < -0.3 is 14.8 Å². The van der Waals surface area contributed by atoms with Gasteiger partial charge in [-0.3, -0.25) is 4.98 Å². The molecule has 0 spiro atoms. The van der Waals surface area contributed by atoms with Gasteiger partial charge in [0.15, 0.2) is 0 Å². The monoisotopic (exact) mass is 233 g/mol. The second-order valence-electron chi connectivity index (χ2n) is 3.44. The fourth-order valence-electron chi connectivity index (χ4n) is 1.38. The first-order valence-electron chi connectivity index (χ1n) is 4.99. The number of aromatic carboxylic acids is 1. The van der Waals surface area contributed by atoms with Crippen molar-refractivity contribution in [3.63, 3.8) is 0 Å². The van der Waals surface area contributed by atoms with Crippen LogP contribution in [-0.4, -0.2) is 21.0 Å². The molecule has 0 unspecified atom stereocenters. The van der Waals surface area contributed by atoms with Crippen LogP contribution in [0.4, 0.5) is 5.69 Å². The van der Waals surface area contributed by atoms with E-state index in [4.69, 9.17) is 9.52 Å². The van der Waals surface area contributed by atoms with E-state index in [1.807, 2.05) is 0 Å². The first kappa shape index (κ1) is 11.1. The van der Waals surface area contributed by atoms with Gasteiger partial charge in [0, 0.05) is 6.20 Å². The first-order valence-corrected chi connectivity index (χ1v) is 4.99. The second-order valence-corrected chi connectivity index (χ2v) is 3.44. The van der Waals surface area contributed by atoms with E-state index in [0.717, 1.165) is 0 Å². The molecule has 0 saturated heterocycles. The molecule has 2 heterocycles. The number of anilines is 1. The lowest BCUT2D eigenvalue weighted by molar-refractivity contribution is 0.0697. The summed E-state index contributed by atoms with van der Waals surface area (Å²) >= 11 is 0. The molecule has 0 amide bonds. The molecular formula is C11H11N3O3. The number of hydrogen-bond acceptors (Lipinski definition) is 5. The third kappa shape index (κ3) is 2.60. The average Bonchev–Trinajstić information content (AvgIpc) is 2.73. The van der Waals surface area contributed by atoms with Crippen molar-refractivity contribution in [1.82, 2.24) is 9.97 Å². The van der Waals surface area contributed by atoms with Gasteiger partial charge in [0.25, 0.3) is 0 Å². The van der Waals surface area contributed by atoms with E-state index >= 15 is 0 Å². The molecule has 6 heteroatoms. The maximum atomic E-state index is 10.9. The fraction of sp³-hybridized carbons (Fsp3) is 0.182. The molecule has 0 aliphatic heterocycles. The Bertz CT molecular complexity index is 536. The zero-order chi connectivity index (χ0) is 12.3. The van der Waals surface area contributed by atoms with Crippen LogP contribution < -0.4 is 5.32 Å². The Labute approximate surface area is 97.3 Å². The molecule has 2 rings (SSSR count). The maximum Gasteiger partial charge on any atom is 0.337 e. The number of oxazole rings is 1. The summed E-state index contributed by atoms with van der Waals surface area (Å²) in [6, 6.07) is 1.44. The van der Waals surface area contributed by atoms with Gasteiger partial charge in [-0.1, -0.05) is 0 Å². The SMILES string of the molecule is Cc1cnc(CNc2cnccc2C(=O)O)o1. The number of pyridine rings is 1. The summed E-state index contributed by atoms with van der Waals surface area (Å²) in [6.45, 7) is 2.11. The van der Waals surface area contributed by atoms with Crippen LogP contribution in [0.15, 0.2) is 29.1 Å². The molecule has 6 nitrogen and oxygen atoms in total. The number of carboxylic acid groups (broad SMARTS) is 1. The lowest BCUT2D eigenvalue weighted by atomic mass is 10.2. The third-order valence-corrected chi connectivity index (χ3v) is 2.15. The summed E-state index contributed by atoms with van der Waals surface area (Å²) in [6.07, 6.45) is 4.50. The Hall–Kier alpha value is -2.37. The van der Waals surface area contributed by atoms with Crippen molar-refractivity contribution in [1.29, 1.82) is 0 Å². The molecule has 17 heavy (non-hydrogen) atoms. The minimum absolute atomic E-state index is 0.170. The molecule has 0 aromatic carbocycles. The summed E-state index contributed by atoms with van der Waals surface area (Å²) < 4.78 is 5.26. The normalized spacial score (nSPS) is 10.2. The molecule has 2 N–H and O–H groups in total. The zero-order valence-corrected chi connectivity index (χ0v) is 9.17. The highest BCUT2D eigenvalue weighted by atomic mass is 16.4. The van der Waals surface area contributed by atoms with Gasteiger partial charge in [-0.15, -0.1) is 0 Å². The van der Waals surface area contributed by atoms with E-state index in [-0.39, 0.29) is 5.56 Å². The van der Waals surface area contributed by atoms with Gasteiger partial charge in [-0.05, 0) is 13.0 Å². The predicted molar refractivity (Wildman–Crippen MR) is 59.8 cm³/mol. The molecule has 0 aliphatic carbocycles. The van der Waals surface area contributed by atoms with Crippen LogP contribution in [0, 0.1) is 6.92 Å². The summed E-state index contributed by atoms with van der Waals surface area (Å²) in [5.41, 5.74) is 0.610. The quantitative estimate of drug-likeness (QED) is 0.835. The highest BCUT2D eigenvalue weighted by Crippen LogP contribution is 2.14. The van der Waals surface area contributed by atoms with Crippen molar-refractivity contribution in [3.05, 3.63) is 41.9 Å². The molecule has 0 atom stereocenters. The van der Waals surface area contributed by atoms with Gasteiger partial charge in [0.1, 0.15) is 5.76 Å². The number of nitrogens with zero attached hydrogens (tertiary/aromatic N) is 2. The van der Waals surface area contributed by atoms with Crippen LogP contribution in [-0.2, 0) is 6.54 Å². The van der Waals surface area contributed by atoms with Crippen molar-refractivity contribution < 1.29 is 14.3 Å². The highest BCUT2D eigenvalue weighted by Gasteiger charge is 2.10. The molecule has 0 saturated carbocycles. The topological polar surface area (TPSA) is 88.2 Å². The van der Waals surface area contributed by atoms with Crippen molar-refractivity contribution >= 4 is 11.7 Å². The summed E-state index contributed by atoms with van der Waals surface area (Å²) in [7, 11) is 0. The number of hydrogen-bond donors (Lipinski definition) is 2. The van der Waals surface area contributed by atoms with Gasteiger partial charge in [-0.2, -0.15) is 0 Å². The second kappa shape index (κ2) is 4.65. The lowest BCUT2D eigenvalue weighted by Crippen LogP contribution is -2.06. The fourth-order valence-corrected chi connectivity index (χ4v) is 1.38. The van der Waals surface area contributed by atoms with Crippen LogP contribution >= 0.6 is 0 Å². The number of carbonyl (C=O) groups is 1. The summed E-state index contributed by atoms with van der Waals surface area (Å²) in [4.78, 5) is 18.8. The zero-order valence-electron chi connectivity index (χ0n) is 9.17. The van der Waals surface area contributed by atoms with Crippen molar-refractivity contribution in [3.8, 4) is 0 Å². The molecule has 0 aliphatic rings. The van der Waals surface area contributed by atoms with Crippen LogP contribution in [0.3, 0.4) is 0 Å². The van der Waals surface area contributed by atoms with Gasteiger partial charge >= 0.3 is 5.97 Å². The smallest absolute Gasteiger partial charge is 0.337 e. The molecule has 0 radical (unpaired) electrons. The number of aryl methyl sites for hydroxylation is 1. The standard InChI is InChI=1S/C11H11N3O3/c1-7-4-14-10(17-7)6-13-9-5-12-3-2-8(9)11(15)16/h2-5,13H,6H2,1H3,(H,15,16). The van der Waals surface area contributed by atoms with Crippen LogP contribution in [0.5, 0.6) is 0 Å². The van der Waals surface area contributed by atoms with E-state index in [1.54, 1.807) is 13.1 Å². The Morgan fingerprint density at radius 3 is 3.00 bits per heavy atom. The van der Waals surface area contributed by atoms with Gasteiger partial charge in [-0.25, -0.2) is 9.78 Å². The van der Waals surface area contributed by atoms with Crippen molar-refractivity contribution in [2.75, 3.05) is 5.32 Å². The van der Waals surface area contributed by atoms with Crippen LogP contribution in [0.2, 0.25) is 0 Å². The molecule has 0 fully saturated rings.